The number of carbonyl (C=O) groups is 1. The number of anilines is 1. The molecule has 0 saturated heterocycles. The summed E-state index contributed by atoms with van der Waals surface area (Å²) in [6.45, 7) is 1.77. The molecule has 1 aromatic heterocycles. The third kappa shape index (κ3) is 3.13. The van der Waals surface area contributed by atoms with E-state index < -0.39 is 5.79 Å². The van der Waals surface area contributed by atoms with Crippen molar-refractivity contribution in [3.05, 3.63) is 64.9 Å². The summed E-state index contributed by atoms with van der Waals surface area (Å²) in [6.07, 6.45) is 3.97. The minimum atomic E-state index is -0.526. The van der Waals surface area contributed by atoms with Gasteiger partial charge in [-0.15, -0.1) is 0 Å². The Balaban J connectivity index is 1.39. The van der Waals surface area contributed by atoms with Crippen molar-refractivity contribution in [3.63, 3.8) is 0 Å². The Kier molecular flexibility index (Phi) is 4.24. The molecule has 148 valence electrons. The molecule has 1 N–H and O–H groups in total. The number of benzene rings is 2. The Morgan fingerprint density at radius 1 is 1.10 bits per heavy atom. The summed E-state index contributed by atoms with van der Waals surface area (Å²) in [6, 6.07) is 14.9. The molecule has 2 aliphatic rings. The summed E-state index contributed by atoms with van der Waals surface area (Å²) < 4.78 is 13.7. The summed E-state index contributed by atoms with van der Waals surface area (Å²) >= 11 is 6.50. The first-order valence-electron chi connectivity index (χ1n) is 9.69. The standard InChI is InChI=1S/C22H20ClN3O3/c1-14-19(20(23)26(25-14)16-7-3-2-4-8-16)21(27)24-15-9-10-17-18(13-15)29-22(28-17)11-5-6-12-22/h2-4,7-10,13H,5-6,11-12H2,1H3,(H,24,27). The van der Waals surface area contributed by atoms with Crippen molar-refractivity contribution < 1.29 is 14.3 Å². The number of halogens is 1. The summed E-state index contributed by atoms with van der Waals surface area (Å²) in [5, 5.41) is 7.60. The second kappa shape index (κ2) is 6.81. The maximum Gasteiger partial charge on any atom is 0.260 e. The van der Waals surface area contributed by atoms with Crippen molar-refractivity contribution in [2.75, 3.05) is 5.32 Å². The van der Waals surface area contributed by atoms with Crippen LogP contribution in [0.5, 0.6) is 11.5 Å². The molecule has 5 rings (SSSR count). The van der Waals surface area contributed by atoms with E-state index in [0.717, 1.165) is 37.1 Å². The number of hydrogen-bond acceptors (Lipinski definition) is 4. The van der Waals surface area contributed by atoms with E-state index in [2.05, 4.69) is 10.4 Å². The normalized spacial score (nSPS) is 16.3. The molecule has 0 atom stereocenters. The average Bonchev–Trinajstić information content (AvgIpc) is 3.39. The van der Waals surface area contributed by atoms with Crippen LogP contribution in [0.3, 0.4) is 0 Å². The molecule has 0 radical (unpaired) electrons. The smallest absolute Gasteiger partial charge is 0.260 e. The molecule has 1 spiro atoms. The summed E-state index contributed by atoms with van der Waals surface area (Å²) in [5.74, 6) is 0.537. The molecule has 1 aliphatic heterocycles. The van der Waals surface area contributed by atoms with E-state index in [1.165, 1.54) is 0 Å². The molecule has 29 heavy (non-hydrogen) atoms. The second-order valence-corrected chi connectivity index (χ2v) is 7.79. The Bertz CT molecular complexity index is 1090. The van der Waals surface area contributed by atoms with Crippen molar-refractivity contribution >= 4 is 23.2 Å². The highest BCUT2D eigenvalue weighted by Crippen LogP contribution is 2.47. The minimum absolute atomic E-state index is 0.275. The van der Waals surface area contributed by atoms with Gasteiger partial charge in [-0.2, -0.15) is 5.10 Å². The fourth-order valence-corrected chi connectivity index (χ4v) is 4.34. The maximum atomic E-state index is 12.9. The number of amides is 1. The molecular weight excluding hydrogens is 390 g/mol. The van der Waals surface area contributed by atoms with Gasteiger partial charge in [0.1, 0.15) is 10.7 Å². The minimum Gasteiger partial charge on any atom is -0.448 e. The van der Waals surface area contributed by atoms with Crippen molar-refractivity contribution in [2.45, 2.75) is 38.4 Å². The van der Waals surface area contributed by atoms with Crippen LogP contribution < -0.4 is 14.8 Å². The highest BCUT2D eigenvalue weighted by Gasteiger charge is 2.44. The van der Waals surface area contributed by atoms with Crippen LogP contribution >= 0.6 is 11.6 Å². The Morgan fingerprint density at radius 2 is 1.83 bits per heavy atom. The fraction of sp³-hybridized carbons (Fsp3) is 0.273. The Morgan fingerprint density at radius 3 is 2.59 bits per heavy atom. The number of carbonyl (C=O) groups excluding carboxylic acids is 1. The number of fused-ring (bicyclic) bond motifs is 1. The SMILES string of the molecule is Cc1nn(-c2ccccc2)c(Cl)c1C(=O)Nc1ccc2c(c1)OC1(CCCC1)O2. The average molecular weight is 410 g/mol. The van der Waals surface area contributed by atoms with Gasteiger partial charge in [-0.25, -0.2) is 4.68 Å². The molecular formula is C22H20ClN3O3. The van der Waals surface area contributed by atoms with Crippen LogP contribution in [0.25, 0.3) is 5.69 Å². The van der Waals surface area contributed by atoms with Gasteiger partial charge < -0.3 is 14.8 Å². The first-order valence-corrected chi connectivity index (χ1v) is 10.1. The summed E-state index contributed by atoms with van der Waals surface area (Å²) in [5.41, 5.74) is 2.32. The zero-order chi connectivity index (χ0) is 20.0. The molecule has 3 aromatic rings. The summed E-state index contributed by atoms with van der Waals surface area (Å²) in [7, 11) is 0. The predicted molar refractivity (Wildman–Crippen MR) is 110 cm³/mol. The lowest BCUT2D eigenvalue weighted by Gasteiger charge is -2.21. The van der Waals surface area contributed by atoms with Gasteiger partial charge in [0.15, 0.2) is 11.5 Å². The number of aryl methyl sites for hydroxylation is 1. The summed E-state index contributed by atoms with van der Waals surface area (Å²) in [4.78, 5) is 12.9. The Hall–Kier alpha value is -2.99. The lowest BCUT2D eigenvalue weighted by Crippen LogP contribution is -2.34. The van der Waals surface area contributed by atoms with Crippen LogP contribution in [-0.4, -0.2) is 21.5 Å². The lowest BCUT2D eigenvalue weighted by atomic mass is 10.2. The van der Waals surface area contributed by atoms with Crippen LogP contribution in [0, 0.1) is 6.92 Å². The van der Waals surface area contributed by atoms with Gasteiger partial charge in [0, 0.05) is 24.6 Å². The van der Waals surface area contributed by atoms with E-state index in [4.69, 9.17) is 21.1 Å². The van der Waals surface area contributed by atoms with Crippen LogP contribution in [0.2, 0.25) is 5.15 Å². The van der Waals surface area contributed by atoms with Gasteiger partial charge in [0.05, 0.1) is 11.4 Å². The number of para-hydroxylation sites is 1. The number of ether oxygens (including phenoxy) is 2. The van der Waals surface area contributed by atoms with Gasteiger partial charge in [-0.05, 0) is 44.0 Å². The third-order valence-electron chi connectivity index (χ3n) is 5.39. The number of nitrogens with zero attached hydrogens (tertiary/aromatic N) is 2. The quantitative estimate of drug-likeness (QED) is 0.651. The molecule has 1 saturated carbocycles. The monoisotopic (exact) mass is 409 g/mol. The highest BCUT2D eigenvalue weighted by molar-refractivity contribution is 6.34. The largest absolute Gasteiger partial charge is 0.448 e. The number of hydrogen-bond donors (Lipinski definition) is 1. The first-order chi connectivity index (χ1) is 14.0. The molecule has 7 heteroatoms. The van der Waals surface area contributed by atoms with Crippen LogP contribution in [0.1, 0.15) is 41.7 Å². The highest BCUT2D eigenvalue weighted by atomic mass is 35.5. The lowest BCUT2D eigenvalue weighted by molar-refractivity contribution is -0.0716. The number of aromatic nitrogens is 2. The third-order valence-corrected chi connectivity index (χ3v) is 5.74. The predicted octanol–water partition coefficient (Wildman–Crippen LogP) is 5.13. The van der Waals surface area contributed by atoms with E-state index >= 15 is 0 Å². The van der Waals surface area contributed by atoms with Crippen molar-refractivity contribution in [1.82, 2.24) is 9.78 Å². The van der Waals surface area contributed by atoms with Gasteiger partial charge >= 0.3 is 0 Å². The molecule has 0 unspecified atom stereocenters. The molecule has 0 bridgehead atoms. The van der Waals surface area contributed by atoms with Gasteiger partial charge in [0.25, 0.3) is 11.7 Å². The van der Waals surface area contributed by atoms with Gasteiger partial charge in [0.2, 0.25) is 0 Å². The van der Waals surface area contributed by atoms with Crippen molar-refractivity contribution in [1.29, 1.82) is 0 Å². The van der Waals surface area contributed by atoms with Crippen molar-refractivity contribution in [3.8, 4) is 17.2 Å². The maximum absolute atomic E-state index is 12.9. The topological polar surface area (TPSA) is 65.4 Å². The van der Waals surface area contributed by atoms with Crippen LogP contribution in [0.15, 0.2) is 48.5 Å². The van der Waals surface area contributed by atoms with Crippen LogP contribution in [-0.2, 0) is 0 Å². The van der Waals surface area contributed by atoms with Crippen LogP contribution in [0.4, 0.5) is 5.69 Å². The fourth-order valence-electron chi connectivity index (χ4n) is 3.98. The number of rotatable bonds is 3. The molecule has 2 aromatic carbocycles. The second-order valence-electron chi connectivity index (χ2n) is 7.44. The number of nitrogens with one attached hydrogen (secondary N) is 1. The van der Waals surface area contributed by atoms with Gasteiger partial charge in [-0.1, -0.05) is 29.8 Å². The zero-order valence-electron chi connectivity index (χ0n) is 15.9. The first kappa shape index (κ1) is 18.1. The molecule has 2 heterocycles. The molecule has 1 aliphatic carbocycles. The van der Waals surface area contributed by atoms with E-state index in [9.17, 15) is 4.79 Å². The van der Waals surface area contributed by atoms with E-state index in [1.807, 2.05) is 36.4 Å². The van der Waals surface area contributed by atoms with E-state index in [1.54, 1.807) is 23.7 Å². The van der Waals surface area contributed by atoms with Gasteiger partial charge in [-0.3, -0.25) is 4.79 Å². The Labute approximate surface area is 173 Å². The zero-order valence-corrected chi connectivity index (χ0v) is 16.7. The molecule has 1 amide bonds. The van der Waals surface area contributed by atoms with E-state index in [-0.39, 0.29) is 11.1 Å². The van der Waals surface area contributed by atoms with Crippen molar-refractivity contribution in [2.24, 2.45) is 0 Å². The van der Waals surface area contributed by atoms with E-state index in [0.29, 0.717) is 22.7 Å². The molecule has 1 fully saturated rings. The molecule has 6 nitrogen and oxygen atoms in total.